The van der Waals surface area contributed by atoms with Crippen LogP contribution in [-0.2, 0) is 10.2 Å². The summed E-state index contributed by atoms with van der Waals surface area (Å²) in [4.78, 5) is 12.0. The van der Waals surface area contributed by atoms with Gasteiger partial charge in [0, 0.05) is 10.8 Å². The topological polar surface area (TPSA) is 65.0 Å². The number of phenolic OH excluding ortho intramolecular Hbond substituents is 1. The zero-order valence-electron chi connectivity index (χ0n) is 16.5. The number of hydrogen-bond donors (Lipinski definition) is 1. The second-order valence-electron chi connectivity index (χ2n) is 7.45. The summed E-state index contributed by atoms with van der Waals surface area (Å²) in [6.45, 7) is 4.18. The summed E-state index contributed by atoms with van der Waals surface area (Å²) >= 11 is 0. The third kappa shape index (κ3) is 2.35. The molecule has 0 aromatic heterocycles. The summed E-state index contributed by atoms with van der Waals surface area (Å²) in [6, 6.07) is 11.1. The second-order valence-corrected chi connectivity index (χ2v) is 7.45. The highest BCUT2D eigenvalue weighted by Crippen LogP contribution is 2.54. The number of phenols is 1. The van der Waals surface area contributed by atoms with Gasteiger partial charge in [0.1, 0.15) is 5.75 Å². The van der Waals surface area contributed by atoms with Gasteiger partial charge in [-0.1, -0.05) is 19.9 Å². The first-order chi connectivity index (χ1) is 13.3. The smallest absolute Gasteiger partial charge is 0.337 e. The van der Waals surface area contributed by atoms with Gasteiger partial charge in [0.25, 0.3) is 0 Å². The fourth-order valence-corrected chi connectivity index (χ4v) is 4.18. The van der Waals surface area contributed by atoms with Gasteiger partial charge in [-0.15, -0.1) is 0 Å². The average Bonchev–Trinajstić information content (AvgIpc) is 2.93. The molecule has 1 aliphatic rings. The summed E-state index contributed by atoms with van der Waals surface area (Å²) in [5.41, 5.74) is 4.21. The molecule has 0 saturated heterocycles. The van der Waals surface area contributed by atoms with Crippen LogP contribution in [0.3, 0.4) is 0 Å². The monoisotopic (exact) mass is 378 g/mol. The Balaban J connectivity index is 2.09. The van der Waals surface area contributed by atoms with Crippen LogP contribution in [-0.4, -0.2) is 32.4 Å². The Morgan fingerprint density at radius 2 is 1.54 bits per heavy atom. The van der Waals surface area contributed by atoms with Gasteiger partial charge in [0.05, 0.1) is 26.9 Å². The summed E-state index contributed by atoms with van der Waals surface area (Å²) < 4.78 is 15.8. The fourth-order valence-electron chi connectivity index (χ4n) is 4.18. The van der Waals surface area contributed by atoms with Crippen LogP contribution in [0, 0.1) is 0 Å². The van der Waals surface area contributed by atoms with Gasteiger partial charge in [-0.25, -0.2) is 4.79 Å². The fraction of sp³-hybridized carbons (Fsp3) is 0.261. The predicted molar refractivity (Wildman–Crippen MR) is 108 cm³/mol. The maximum atomic E-state index is 12.0. The summed E-state index contributed by atoms with van der Waals surface area (Å²) in [5.74, 6) is 0.974. The zero-order chi connectivity index (χ0) is 20.2. The highest BCUT2D eigenvalue weighted by molar-refractivity contribution is 6.07. The maximum absolute atomic E-state index is 12.0. The van der Waals surface area contributed by atoms with Crippen LogP contribution in [0.2, 0.25) is 0 Å². The lowest BCUT2D eigenvalue weighted by Gasteiger charge is -2.22. The normalized spacial score (nSPS) is 13.8. The number of carbonyl (C=O) groups is 1. The lowest BCUT2D eigenvalue weighted by atomic mass is 9.81. The molecule has 0 saturated carbocycles. The largest absolute Gasteiger partial charge is 0.507 e. The maximum Gasteiger partial charge on any atom is 0.337 e. The van der Waals surface area contributed by atoms with Crippen molar-refractivity contribution in [2.75, 3.05) is 21.3 Å². The molecule has 0 amide bonds. The third-order valence-corrected chi connectivity index (χ3v) is 5.68. The van der Waals surface area contributed by atoms with E-state index in [1.807, 2.05) is 18.2 Å². The Hall–Kier alpha value is -3.21. The Morgan fingerprint density at radius 1 is 0.893 bits per heavy atom. The van der Waals surface area contributed by atoms with Crippen molar-refractivity contribution >= 4 is 16.7 Å². The Kier molecular flexibility index (Phi) is 4.00. The first-order valence-corrected chi connectivity index (χ1v) is 8.98. The van der Waals surface area contributed by atoms with Crippen molar-refractivity contribution in [3.05, 3.63) is 53.1 Å². The molecule has 0 aliphatic heterocycles. The summed E-state index contributed by atoms with van der Waals surface area (Å²) in [5, 5.41) is 12.3. The molecule has 144 valence electrons. The minimum absolute atomic E-state index is 0.184. The van der Waals surface area contributed by atoms with E-state index >= 15 is 0 Å². The van der Waals surface area contributed by atoms with Crippen LogP contribution in [0.1, 0.15) is 35.3 Å². The third-order valence-electron chi connectivity index (χ3n) is 5.68. The quantitative estimate of drug-likeness (QED) is 0.672. The zero-order valence-corrected chi connectivity index (χ0v) is 16.5. The van der Waals surface area contributed by atoms with Gasteiger partial charge in [-0.05, 0) is 58.0 Å². The van der Waals surface area contributed by atoms with Crippen LogP contribution < -0.4 is 9.47 Å². The van der Waals surface area contributed by atoms with Crippen molar-refractivity contribution in [2.24, 2.45) is 0 Å². The molecule has 4 rings (SSSR count). The molecule has 1 N–H and O–H groups in total. The molecule has 0 spiro atoms. The molecule has 5 heteroatoms. The van der Waals surface area contributed by atoms with E-state index in [0.29, 0.717) is 22.4 Å². The molecule has 1 aliphatic carbocycles. The molecule has 28 heavy (non-hydrogen) atoms. The Labute approximate surface area is 163 Å². The summed E-state index contributed by atoms with van der Waals surface area (Å²) in [6.07, 6.45) is 0. The number of ether oxygens (including phenoxy) is 3. The number of aromatic hydroxyl groups is 1. The van der Waals surface area contributed by atoms with Gasteiger partial charge in [0.15, 0.2) is 11.5 Å². The number of methoxy groups -OCH3 is 3. The van der Waals surface area contributed by atoms with E-state index in [9.17, 15) is 9.90 Å². The Bertz CT molecular complexity index is 1130. The van der Waals surface area contributed by atoms with Gasteiger partial charge in [-0.2, -0.15) is 0 Å². The van der Waals surface area contributed by atoms with Crippen LogP contribution >= 0.6 is 0 Å². The SMILES string of the molecule is COC(=O)c1ccc2c(c1)C(C)(C)c1cc(O)c3cc(OC)c(OC)cc3c1-2. The van der Waals surface area contributed by atoms with Crippen molar-refractivity contribution in [2.45, 2.75) is 19.3 Å². The average molecular weight is 378 g/mol. The minimum atomic E-state index is -0.381. The van der Waals surface area contributed by atoms with Gasteiger partial charge in [0.2, 0.25) is 0 Å². The first-order valence-electron chi connectivity index (χ1n) is 8.98. The first kappa shape index (κ1) is 18.2. The number of rotatable bonds is 3. The molecular weight excluding hydrogens is 356 g/mol. The van der Waals surface area contributed by atoms with Crippen LogP contribution in [0.5, 0.6) is 17.2 Å². The van der Waals surface area contributed by atoms with Crippen molar-refractivity contribution < 1.29 is 24.1 Å². The standard InChI is InChI=1S/C23H22O5/c1-23(2)16-8-12(22(25)28-5)6-7-13(16)21-15-10-20(27-4)19(26-3)9-14(15)18(24)11-17(21)23/h6-11,24H,1-5H3. The molecule has 0 bridgehead atoms. The van der Waals surface area contributed by atoms with Crippen molar-refractivity contribution in [1.29, 1.82) is 0 Å². The van der Waals surface area contributed by atoms with E-state index in [2.05, 4.69) is 13.8 Å². The van der Waals surface area contributed by atoms with E-state index < -0.39 is 0 Å². The lowest BCUT2D eigenvalue weighted by molar-refractivity contribution is 0.0600. The number of carbonyl (C=O) groups excluding carboxylic acids is 1. The second kappa shape index (κ2) is 6.16. The number of esters is 1. The van der Waals surface area contributed by atoms with E-state index in [0.717, 1.165) is 27.6 Å². The lowest BCUT2D eigenvalue weighted by Crippen LogP contribution is -2.16. The molecule has 0 unspecified atom stereocenters. The van der Waals surface area contributed by atoms with Crippen molar-refractivity contribution in [3.63, 3.8) is 0 Å². The summed E-state index contributed by atoms with van der Waals surface area (Å²) in [7, 11) is 4.54. The number of fused-ring (bicyclic) bond motifs is 5. The van der Waals surface area contributed by atoms with Crippen molar-refractivity contribution in [1.82, 2.24) is 0 Å². The molecule has 3 aromatic rings. The molecule has 0 atom stereocenters. The van der Waals surface area contributed by atoms with Crippen molar-refractivity contribution in [3.8, 4) is 28.4 Å². The van der Waals surface area contributed by atoms with E-state index in [1.165, 1.54) is 7.11 Å². The Morgan fingerprint density at radius 3 is 2.14 bits per heavy atom. The van der Waals surface area contributed by atoms with Gasteiger partial charge in [-0.3, -0.25) is 0 Å². The van der Waals surface area contributed by atoms with E-state index in [4.69, 9.17) is 14.2 Å². The molecule has 3 aromatic carbocycles. The molecule has 0 heterocycles. The highest BCUT2D eigenvalue weighted by atomic mass is 16.5. The minimum Gasteiger partial charge on any atom is -0.507 e. The predicted octanol–water partition coefficient (Wildman–Crippen LogP) is 4.66. The van der Waals surface area contributed by atoms with E-state index in [1.54, 1.807) is 32.4 Å². The highest BCUT2D eigenvalue weighted by Gasteiger charge is 2.38. The molecular formula is C23H22O5. The number of benzene rings is 3. The molecule has 5 nitrogen and oxygen atoms in total. The van der Waals surface area contributed by atoms with E-state index in [-0.39, 0.29) is 17.1 Å². The van der Waals surface area contributed by atoms with Crippen LogP contribution in [0.15, 0.2) is 36.4 Å². The van der Waals surface area contributed by atoms with Gasteiger partial charge >= 0.3 is 5.97 Å². The number of hydrogen-bond acceptors (Lipinski definition) is 5. The molecule has 0 fully saturated rings. The molecule has 0 radical (unpaired) electrons. The van der Waals surface area contributed by atoms with Crippen LogP contribution in [0.4, 0.5) is 0 Å². The van der Waals surface area contributed by atoms with Gasteiger partial charge < -0.3 is 19.3 Å². The van der Waals surface area contributed by atoms with Crippen LogP contribution in [0.25, 0.3) is 21.9 Å².